The fraction of sp³-hybridized carbons (Fsp3) is 1.00. The van der Waals surface area contributed by atoms with Gasteiger partial charge in [0.1, 0.15) is 0 Å². The molecule has 0 amide bonds. The number of hydrogen-bond acceptors (Lipinski definition) is 3. The van der Waals surface area contributed by atoms with Crippen LogP contribution in [0.15, 0.2) is 0 Å². The molecule has 3 heteroatoms. The summed E-state index contributed by atoms with van der Waals surface area (Å²) in [6, 6.07) is 0. The lowest BCUT2D eigenvalue weighted by atomic mass is 9.84. The highest BCUT2D eigenvalue weighted by Gasteiger charge is 2.28. The first kappa shape index (κ1) is 12.3. The minimum Gasteiger partial charge on any atom is -0.383 e. The highest BCUT2D eigenvalue weighted by atomic mass is 16.5. The van der Waals surface area contributed by atoms with Gasteiger partial charge in [-0.05, 0) is 51.2 Å². The lowest BCUT2D eigenvalue weighted by molar-refractivity contribution is 0.0798. The fourth-order valence-corrected chi connectivity index (χ4v) is 3.11. The molecule has 0 spiro atoms. The Morgan fingerprint density at radius 1 is 1.12 bits per heavy atom. The molecular formula is C13H26N2O. The van der Waals surface area contributed by atoms with Gasteiger partial charge in [0.05, 0.1) is 6.61 Å². The Morgan fingerprint density at radius 3 is 2.38 bits per heavy atom. The second kappa shape index (κ2) is 5.99. The largest absolute Gasteiger partial charge is 0.383 e. The van der Waals surface area contributed by atoms with E-state index in [-0.39, 0.29) is 0 Å². The second-order valence-corrected chi connectivity index (χ2v) is 5.60. The van der Waals surface area contributed by atoms with Gasteiger partial charge >= 0.3 is 0 Å². The molecule has 0 unspecified atom stereocenters. The average molecular weight is 226 g/mol. The lowest BCUT2D eigenvalue weighted by Gasteiger charge is -2.40. The molecule has 2 aliphatic rings. The Labute approximate surface area is 99.7 Å². The van der Waals surface area contributed by atoms with Crippen LogP contribution in [0.25, 0.3) is 0 Å². The van der Waals surface area contributed by atoms with Crippen molar-refractivity contribution in [1.82, 2.24) is 9.80 Å². The summed E-state index contributed by atoms with van der Waals surface area (Å²) in [7, 11) is 4.02. The molecule has 0 aromatic carbocycles. The van der Waals surface area contributed by atoms with Gasteiger partial charge in [-0.25, -0.2) is 0 Å². The molecule has 2 aliphatic heterocycles. The molecule has 3 nitrogen and oxygen atoms in total. The van der Waals surface area contributed by atoms with E-state index in [2.05, 4.69) is 16.8 Å². The smallest absolute Gasteiger partial charge is 0.0589 e. The number of hydrogen-bond donors (Lipinski definition) is 0. The Bertz CT molecular complexity index is 196. The third-order valence-electron chi connectivity index (χ3n) is 4.13. The predicted octanol–water partition coefficient (Wildman–Crippen LogP) is 1.30. The maximum Gasteiger partial charge on any atom is 0.0589 e. The van der Waals surface area contributed by atoms with E-state index in [1.807, 2.05) is 0 Å². The van der Waals surface area contributed by atoms with Crippen molar-refractivity contribution in [2.45, 2.75) is 19.3 Å². The number of nitrogens with zero attached hydrogens (tertiary/aromatic N) is 2. The van der Waals surface area contributed by atoms with Crippen LogP contribution in [-0.4, -0.2) is 63.3 Å². The van der Waals surface area contributed by atoms with Crippen molar-refractivity contribution in [3.05, 3.63) is 0 Å². The molecule has 2 heterocycles. The van der Waals surface area contributed by atoms with Crippen LogP contribution in [0.4, 0.5) is 0 Å². The third kappa shape index (κ3) is 3.44. The zero-order valence-electron chi connectivity index (χ0n) is 10.8. The summed E-state index contributed by atoms with van der Waals surface area (Å²) in [5, 5.41) is 0. The quantitative estimate of drug-likeness (QED) is 0.703. The summed E-state index contributed by atoms with van der Waals surface area (Å²) in [4.78, 5) is 4.98. The molecule has 0 atom stereocenters. The fourth-order valence-electron chi connectivity index (χ4n) is 3.11. The predicted molar refractivity (Wildman–Crippen MR) is 66.6 cm³/mol. The molecule has 0 bridgehead atoms. The monoisotopic (exact) mass is 226 g/mol. The van der Waals surface area contributed by atoms with Gasteiger partial charge in [-0.15, -0.1) is 0 Å². The van der Waals surface area contributed by atoms with Crippen LogP contribution in [0, 0.1) is 11.8 Å². The van der Waals surface area contributed by atoms with E-state index in [1.54, 1.807) is 7.11 Å². The van der Waals surface area contributed by atoms with Crippen LogP contribution in [0.3, 0.4) is 0 Å². The highest BCUT2D eigenvalue weighted by Crippen LogP contribution is 2.28. The van der Waals surface area contributed by atoms with Gasteiger partial charge in [0.25, 0.3) is 0 Å². The Kier molecular flexibility index (Phi) is 4.62. The highest BCUT2D eigenvalue weighted by molar-refractivity contribution is 4.81. The van der Waals surface area contributed by atoms with Gasteiger partial charge in [0.2, 0.25) is 0 Å². The molecule has 0 saturated carbocycles. The number of rotatable bonds is 5. The molecule has 0 aromatic rings. The number of likely N-dealkylation sites (tertiary alicyclic amines) is 2. The van der Waals surface area contributed by atoms with Crippen molar-refractivity contribution in [2.75, 3.05) is 53.5 Å². The molecule has 0 aromatic heterocycles. The van der Waals surface area contributed by atoms with E-state index in [0.717, 1.165) is 25.0 Å². The van der Waals surface area contributed by atoms with E-state index in [9.17, 15) is 0 Å². The first-order valence-corrected chi connectivity index (χ1v) is 6.67. The first-order chi connectivity index (χ1) is 7.78. The summed E-state index contributed by atoms with van der Waals surface area (Å²) >= 11 is 0. The van der Waals surface area contributed by atoms with Gasteiger partial charge in [-0.2, -0.15) is 0 Å². The average Bonchev–Trinajstić information content (AvgIpc) is 2.26. The number of piperidine rings is 1. The number of ether oxygens (including phenoxy) is 1. The van der Waals surface area contributed by atoms with Gasteiger partial charge in [0.15, 0.2) is 0 Å². The third-order valence-corrected chi connectivity index (χ3v) is 4.13. The van der Waals surface area contributed by atoms with Gasteiger partial charge < -0.3 is 14.5 Å². The minimum absolute atomic E-state index is 0.887. The van der Waals surface area contributed by atoms with Crippen molar-refractivity contribution >= 4 is 0 Å². The second-order valence-electron chi connectivity index (χ2n) is 5.60. The Balaban J connectivity index is 1.58. The van der Waals surface area contributed by atoms with Crippen LogP contribution in [-0.2, 0) is 4.74 Å². The van der Waals surface area contributed by atoms with E-state index in [0.29, 0.717) is 0 Å². The minimum atomic E-state index is 0.887. The molecule has 2 rings (SSSR count). The summed E-state index contributed by atoms with van der Waals surface area (Å²) in [6.07, 6.45) is 4.29. The summed E-state index contributed by atoms with van der Waals surface area (Å²) < 4.78 is 5.13. The zero-order valence-corrected chi connectivity index (χ0v) is 10.8. The van der Waals surface area contributed by atoms with E-state index in [1.165, 1.54) is 45.4 Å². The van der Waals surface area contributed by atoms with Crippen LogP contribution in [0.5, 0.6) is 0 Å². The van der Waals surface area contributed by atoms with Gasteiger partial charge in [0, 0.05) is 26.7 Å². The van der Waals surface area contributed by atoms with E-state index in [4.69, 9.17) is 4.74 Å². The summed E-state index contributed by atoms with van der Waals surface area (Å²) in [5.41, 5.74) is 0. The molecule has 16 heavy (non-hydrogen) atoms. The van der Waals surface area contributed by atoms with Crippen LogP contribution in [0.2, 0.25) is 0 Å². The van der Waals surface area contributed by atoms with Crippen molar-refractivity contribution in [3.63, 3.8) is 0 Å². The maximum atomic E-state index is 5.13. The van der Waals surface area contributed by atoms with Crippen molar-refractivity contribution < 1.29 is 4.74 Å². The standard InChI is InChI=1S/C13H26N2O/c1-14-10-13(11-14)9-12-3-5-15(6-4-12)7-8-16-2/h12-13H,3-11H2,1-2H3. The van der Waals surface area contributed by atoms with Crippen molar-refractivity contribution in [3.8, 4) is 0 Å². The molecule has 2 fully saturated rings. The van der Waals surface area contributed by atoms with Crippen LogP contribution < -0.4 is 0 Å². The van der Waals surface area contributed by atoms with E-state index < -0.39 is 0 Å². The summed E-state index contributed by atoms with van der Waals surface area (Å²) in [6.45, 7) is 7.26. The van der Waals surface area contributed by atoms with E-state index >= 15 is 0 Å². The maximum absolute atomic E-state index is 5.13. The lowest BCUT2D eigenvalue weighted by Crippen LogP contribution is -2.45. The molecule has 2 saturated heterocycles. The topological polar surface area (TPSA) is 15.7 Å². The Hall–Kier alpha value is -0.120. The number of methoxy groups -OCH3 is 1. The molecule has 94 valence electrons. The molecule has 0 radical (unpaired) electrons. The van der Waals surface area contributed by atoms with Crippen LogP contribution >= 0.6 is 0 Å². The normalized spacial score (nSPS) is 25.9. The van der Waals surface area contributed by atoms with Crippen molar-refractivity contribution in [1.29, 1.82) is 0 Å². The molecule has 0 N–H and O–H groups in total. The SMILES string of the molecule is COCCN1CCC(CC2CN(C)C2)CC1. The first-order valence-electron chi connectivity index (χ1n) is 6.67. The molecule has 0 aliphatic carbocycles. The van der Waals surface area contributed by atoms with Crippen molar-refractivity contribution in [2.24, 2.45) is 11.8 Å². The summed E-state index contributed by atoms with van der Waals surface area (Å²) in [5.74, 6) is 2.00. The zero-order chi connectivity index (χ0) is 11.4. The molecular weight excluding hydrogens is 200 g/mol. The van der Waals surface area contributed by atoms with Gasteiger partial charge in [-0.1, -0.05) is 0 Å². The van der Waals surface area contributed by atoms with Crippen LogP contribution in [0.1, 0.15) is 19.3 Å². The van der Waals surface area contributed by atoms with Gasteiger partial charge in [-0.3, -0.25) is 0 Å². The Morgan fingerprint density at radius 2 is 1.81 bits per heavy atom.